The molecule has 3 rings (SSSR count). The Bertz CT molecular complexity index is 909. The van der Waals surface area contributed by atoms with Crippen LogP contribution in [0.1, 0.15) is 16.7 Å². The van der Waals surface area contributed by atoms with Crippen LogP contribution in [0.5, 0.6) is 5.75 Å². The summed E-state index contributed by atoms with van der Waals surface area (Å²) in [5.74, 6) is 0.660. The van der Waals surface area contributed by atoms with Gasteiger partial charge in [-0.15, -0.1) is 0 Å². The third kappa shape index (κ3) is 6.41. The highest BCUT2D eigenvalue weighted by Crippen LogP contribution is 2.18. The van der Waals surface area contributed by atoms with Crippen molar-refractivity contribution >= 4 is 23.2 Å². The number of carbonyl (C=O) groups excluding carboxylic acids is 1. The summed E-state index contributed by atoms with van der Waals surface area (Å²) in [5, 5.41) is 6.74. The molecule has 0 bridgehead atoms. The fraction of sp³-hybridized carbons (Fsp3) is 0.174. The van der Waals surface area contributed by atoms with Gasteiger partial charge in [0.2, 0.25) is 5.91 Å². The van der Waals surface area contributed by atoms with Crippen LogP contribution in [0.15, 0.2) is 72.8 Å². The molecule has 0 heterocycles. The van der Waals surface area contributed by atoms with E-state index in [1.165, 1.54) is 5.56 Å². The van der Waals surface area contributed by atoms with Crippen LogP contribution in [0.4, 0.5) is 5.69 Å². The van der Waals surface area contributed by atoms with E-state index in [9.17, 15) is 4.79 Å². The summed E-state index contributed by atoms with van der Waals surface area (Å²) in [7, 11) is 0. The van der Waals surface area contributed by atoms with Crippen molar-refractivity contribution in [3.05, 3.63) is 94.5 Å². The summed E-state index contributed by atoms with van der Waals surface area (Å²) in [5.41, 5.74) is 4.15. The molecule has 0 aromatic heterocycles. The summed E-state index contributed by atoms with van der Waals surface area (Å²) in [4.78, 5) is 12.1. The molecule has 0 radical (unpaired) electrons. The quantitative estimate of drug-likeness (QED) is 0.568. The van der Waals surface area contributed by atoms with Crippen molar-refractivity contribution in [2.24, 2.45) is 0 Å². The number of nitrogens with one attached hydrogen (secondary N) is 2. The van der Waals surface area contributed by atoms with Gasteiger partial charge in [0.25, 0.3) is 0 Å². The second kappa shape index (κ2) is 9.93. The standard InChI is InChI=1S/C23H23ClN2O2/c1-17-3-2-4-19(13-17)14-25-15-23(27)26-21-9-11-22(12-10-21)28-16-18-5-7-20(24)8-6-18/h2-13,25H,14-16H2,1H3,(H,26,27). The fourth-order valence-electron chi connectivity index (χ4n) is 2.73. The van der Waals surface area contributed by atoms with Crippen molar-refractivity contribution in [2.75, 3.05) is 11.9 Å². The number of halogens is 1. The second-order valence-electron chi connectivity index (χ2n) is 6.58. The van der Waals surface area contributed by atoms with Gasteiger partial charge in [0.15, 0.2) is 0 Å². The van der Waals surface area contributed by atoms with Crippen molar-refractivity contribution in [2.45, 2.75) is 20.1 Å². The Balaban J connectivity index is 1.41. The predicted molar refractivity (Wildman–Crippen MR) is 114 cm³/mol. The number of carbonyl (C=O) groups is 1. The van der Waals surface area contributed by atoms with Gasteiger partial charge in [-0.25, -0.2) is 0 Å². The molecular weight excluding hydrogens is 372 g/mol. The van der Waals surface area contributed by atoms with Gasteiger partial charge in [0.05, 0.1) is 6.54 Å². The maximum atomic E-state index is 12.1. The summed E-state index contributed by atoms with van der Waals surface area (Å²) < 4.78 is 5.75. The Kier molecular flexibility index (Phi) is 7.06. The molecule has 1 amide bonds. The molecule has 0 fully saturated rings. The molecule has 0 aliphatic carbocycles. The highest BCUT2D eigenvalue weighted by molar-refractivity contribution is 6.30. The Morgan fingerprint density at radius 3 is 2.43 bits per heavy atom. The summed E-state index contributed by atoms with van der Waals surface area (Å²) in [6.45, 7) is 3.43. The first-order valence-corrected chi connectivity index (χ1v) is 9.50. The van der Waals surface area contributed by atoms with E-state index in [0.29, 0.717) is 18.2 Å². The van der Waals surface area contributed by atoms with Gasteiger partial charge in [0, 0.05) is 17.3 Å². The van der Waals surface area contributed by atoms with Crippen molar-refractivity contribution in [1.82, 2.24) is 5.32 Å². The fourth-order valence-corrected chi connectivity index (χ4v) is 2.86. The van der Waals surface area contributed by atoms with E-state index in [2.05, 4.69) is 29.7 Å². The third-order valence-corrected chi connectivity index (χ3v) is 4.41. The Morgan fingerprint density at radius 1 is 0.964 bits per heavy atom. The minimum Gasteiger partial charge on any atom is -0.489 e. The maximum Gasteiger partial charge on any atom is 0.238 e. The smallest absolute Gasteiger partial charge is 0.238 e. The van der Waals surface area contributed by atoms with Gasteiger partial charge in [-0.3, -0.25) is 4.79 Å². The van der Waals surface area contributed by atoms with E-state index in [1.807, 2.05) is 60.7 Å². The van der Waals surface area contributed by atoms with Gasteiger partial charge in [-0.2, -0.15) is 0 Å². The molecule has 0 atom stereocenters. The zero-order chi connectivity index (χ0) is 19.8. The highest BCUT2D eigenvalue weighted by atomic mass is 35.5. The summed E-state index contributed by atoms with van der Waals surface area (Å²) in [6, 6.07) is 23.1. The SMILES string of the molecule is Cc1cccc(CNCC(=O)Nc2ccc(OCc3ccc(Cl)cc3)cc2)c1. The molecule has 28 heavy (non-hydrogen) atoms. The van der Waals surface area contributed by atoms with E-state index in [-0.39, 0.29) is 12.5 Å². The number of amides is 1. The van der Waals surface area contributed by atoms with E-state index >= 15 is 0 Å². The summed E-state index contributed by atoms with van der Waals surface area (Å²) >= 11 is 5.88. The van der Waals surface area contributed by atoms with Crippen LogP contribution in [0, 0.1) is 6.92 Å². The number of aryl methyl sites for hydroxylation is 1. The van der Waals surface area contributed by atoms with E-state index in [4.69, 9.17) is 16.3 Å². The third-order valence-electron chi connectivity index (χ3n) is 4.15. The lowest BCUT2D eigenvalue weighted by atomic mass is 10.1. The minimum atomic E-state index is -0.0810. The Labute approximate surface area is 170 Å². The molecule has 5 heteroatoms. The molecule has 0 spiro atoms. The molecular formula is C23H23ClN2O2. The second-order valence-corrected chi connectivity index (χ2v) is 7.02. The lowest BCUT2D eigenvalue weighted by molar-refractivity contribution is -0.115. The minimum absolute atomic E-state index is 0.0810. The van der Waals surface area contributed by atoms with Crippen LogP contribution in [0.3, 0.4) is 0 Å². The van der Waals surface area contributed by atoms with Crippen molar-refractivity contribution in [3.63, 3.8) is 0 Å². The number of rotatable bonds is 8. The van der Waals surface area contributed by atoms with Crippen LogP contribution in [-0.2, 0) is 17.9 Å². The van der Waals surface area contributed by atoms with Crippen LogP contribution >= 0.6 is 11.6 Å². The molecule has 0 aliphatic heterocycles. The van der Waals surface area contributed by atoms with Crippen LogP contribution in [0.2, 0.25) is 5.02 Å². The lowest BCUT2D eigenvalue weighted by Gasteiger charge is -2.09. The number of benzene rings is 3. The van der Waals surface area contributed by atoms with E-state index in [0.717, 1.165) is 22.6 Å². The highest BCUT2D eigenvalue weighted by Gasteiger charge is 2.03. The normalized spacial score (nSPS) is 10.5. The Hall–Kier alpha value is -2.82. The molecule has 3 aromatic rings. The molecule has 0 saturated carbocycles. The van der Waals surface area contributed by atoms with Crippen molar-refractivity contribution in [3.8, 4) is 5.75 Å². The van der Waals surface area contributed by atoms with Gasteiger partial charge in [0.1, 0.15) is 12.4 Å². The largest absolute Gasteiger partial charge is 0.489 e. The van der Waals surface area contributed by atoms with Gasteiger partial charge >= 0.3 is 0 Å². The molecule has 144 valence electrons. The zero-order valence-corrected chi connectivity index (χ0v) is 16.5. The topological polar surface area (TPSA) is 50.4 Å². The number of anilines is 1. The maximum absolute atomic E-state index is 12.1. The molecule has 0 aliphatic rings. The monoisotopic (exact) mass is 394 g/mol. The van der Waals surface area contributed by atoms with Gasteiger partial charge in [-0.1, -0.05) is 53.6 Å². The number of hydrogen-bond acceptors (Lipinski definition) is 3. The first kappa shape index (κ1) is 19.9. The number of hydrogen-bond donors (Lipinski definition) is 2. The number of ether oxygens (including phenoxy) is 1. The van der Waals surface area contributed by atoms with Crippen LogP contribution in [-0.4, -0.2) is 12.5 Å². The van der Waals surface area contributed by atoms with Crippen LogP contribution < -0.4 is 15.4 Å². The molecule has 0 unspecified atom stereocenters. The first-order chi connectivity index (χ1) is 13.6. The lowest BCUT2D eigenvalue weighted by Crippen LogP contribution is -2.27. The molecule has 0 saturated heterocycles. The van der Waals surface area contributed by atoms with E-state index in [1.54, 1.807) is 0 Å². The Morgan fingerprint density at radius 2 is 1.71 bits per heavy atom. The van der Waals surface area contributed by atoms with Crippen LogP contribution in [0.25, 0.3) is 0 Å². The molecule has 3 aromatic carbocycles. The predicted octanol–water partition coefficient (Wildman–Crippen LogP) is 4.96. The average molecular weight is 395 g/mol. The molecule has 4 nitrogen and oxygen atoms in total. The van der Waals surface area contributed by atoms with Crippen molar-refractivity contribution < 1.29 is 9.53 Å². The van der Waals surface area contributed by atoms with E-state index < -0.39 is 0 Å². The average Bonchev–Trinajstić information content (AvgIpc) is 2.69. The van der Waals surface area contributed by atoms with Gasteiger partial charge < -0.3 is 15.4 Å². The first-order valence-electron chi connectivity index (χ1n) is 9.12. The summed E-state index contributed by atoms with van der Waals surface area (Å²) in [6.07, 6.45) is 0. The van der Waals surface area contributed by atoms with Crippen molar-refractivity contribution in [1.29, 1.82) is 0 Å². The molecule has 2 N–H and O–H groups in total. The van der Waals surface area contributed by atoms with Gasteiger partial charge in [-0.05, 0) is 54.4 Å². The zero-order valence-electron chi connectivity index (χ0n) is 15.7.